The molecule has 0 aromatic heterocycles. The first-order valence-electron chi connectivity index (χ1n) is 10.1. The molecule has 1 amide bonds. The molecule has 0 unspecified atom stereocenters. The van der Waals surface area contributed by atoms with E-state index in [0.717, 1.165) is 35.7 Å². The zero-order chi connectivity index (χ0) is 21.0. The Bertz CT molecular complexity index is 913. The number of rotatable bonds is 11. The Morgan fingerprint density at radius 3 is 2.43 bits per heavy atom. The van der Waals surface area contributed by atoms with Gasteiger partial charge in [-0.05, 0) is 60.9 Å². The number of amides is 1. The van der Waals surface area contributed by atoms with E-state index in [1.165, 1.54) is 4.90 Å². The summed E-state index contributed by atoms with van der Waals surface area (Å²) in [7, 11) is 1.68. The number of thioether (sulfide) groups is 1. The summed E-state index contributed by atoms with van der Waals surface area (Å²) < 4.78 is 11.1. The van der Waals surface area contributed by atoms with Gasteiger partial charge in [-0.2, -0.15) is 0 Å². The van der Waals surface area contributed by atoms with E-state index in [9.17, 15) is 4.79 Å². The fourth-order valence-electron chi connectivity index (χ4n) is 3.03. The van der Waals surface area contributed by atoms with E-state index < -0.39 is 0 Å². The van der Waals surface area contributed by atoms with Crippen molar-refractivity contribution in [2.24, 2.45) is 0 Å². The number of para-hydroxylation sites is 1. The minimum atomic E-state index is -0.0683. The summed E-state index contributed by atoms with van der Waals surface area (Å²) in [6.07, 6.45) is 1.71. The van der Waals surface area contributed by atoms with Crippen molar-refractivity contribution in [3.63, 3.8) is 0 Å². The SMILES string of the molecule is COc1ccccc1CCCNC(=O)c1ccc(OCCSc2ccccc2)cc1. The van der Waals surface area contributed by atoms with Crippen molar-refractivity contribution in [2.75, 3.05) is 26.0 Å². The molecule has 0 radical (unpaired) electrons. The number of hydrogen-bond acceptors (Lipinski definition) is 4. The van der Waals surface area contributed by atoms with Crippen molar-refractivity contribution >= 4 is 17.7 Å². The van der Waals surface area contributed by atoms with E-state index in [2.05, 4.69) is 23.5 Å². The van der Waals surface area contributed by atoms with Crippen LogP contribution in [-0.2, 0) is 6.42 Å². The van der Waals surface area contributed by atoms with Crippen molar-refractivity contribution in [3.8, 4) is 11.5 Å². The van der Waals surface area contributed by atoms with Gasteiger partial charge in [-0.3, -0.25) is 4.79 Å². The van der Waals surface area contributed by atoms with Crippen LogP contribution in [0.5, 0.6) is 11.5 Å². The first-order valence-corrected chi connectivity index (χ1v) is 11.1. The maximum absolute atomic E-state index is 12.3. The molecule has 0 atom stereocenters. The molecule has 0 aliphatic rings. The molecule has 1 N–H and O–H groups in total. The highest BCUT2D eigenvalue weighted by molar-refractivity contribution is 7.99. The minimum absolute atomic E-state index is 0.0683. The summed E-state index contributed by atoms with van der Waals surface area (Å²) in [5.74, 6) is 2.47. The van der Waals surface area contributed by atoms with E-state index in [1.54, 1.807) is 31.0 Å². The molecule has 4 nitrogen and oxygen atoms in total. The molecule has 0 bridgehead atoms. The number of hydrogen-bond donors (Lipinski definition) is 1. The van der Waals surface area contributed by atoms with E-state index in [-0.39, 0.29) is 5.91 Å². The fraction of sp³-hybridized carbons (Fsp3) is 0.240. The molecule has 5 heteroatoms. The average Bonchev–Trinajstić information content (AvgIpc) is 2.81. The largest absolute Gasteiger partial charge is 0.496 e. The molecule has 0 spiro atoms. The lowest BCUT2D eigenvalue weighted by Crippen LogP contribution is -2.24. The van der Waals surface area contributed by atoms with Gasteiger partial charge in [0.1, 0.15) is 11.5 Å². The van der Waals surface area contributed by atoms with Crippen molar-refractivity contribution in [3.05, 3.63) is 90.0 Å². The van der Waals surface area contributed by atoms with Gasteiger partial charge in [0.2, 0.25) is 0 Å². The van der Waals surface area contributed by atoms with Gasteiger partial charge in [0.15, 0.2) is 0 Å². The summed E-state index contributed by atoms with van der Waals surface area (Å²) in [6, 6.07) is 25.5. The number of carbonyl (C=O) groups is 1. The van der Waals surface area contributed by atoms with E-state index in [0.29, 0.717) is 18.7 Å². The molecule has 0 saturated carbocycles. The first-order chi connectivity index (χ1) is 14.8. The molecule has 156 valence electrons. The summed E-state index contributed by atoms with van der Waals surface area (Å²) >= 11 is 1.76. The molecule has 0 aliphatic heterocycles. The Morgan fingerprint density at radius 2 is 1.67 bits per heavy atom. The second-order valence-corrected chi connectivity index (χ2v) is 7.87. The maximum Gasteiger partial charge on any atom is 0.251 e. The van der Waals surface area contributed by atoms with Gasteiger partial charge >= 0.3 is 0 Å². The van der Waals surface area contributed by atoms with Gasteiger partial charge in [0.25, 0.3) is 5.91 Å². The number of carbonyl (C=O) groups excluding carboxylic acids is 1. The molecule has 30 heavy (non-hydrogen) atoms. The average molecular weight is 422 g/mol. The second kappa shape index (κ2) is 11.9. The summed E-state index contributed by atoms with van der Waals surface area (Å²) in [6.45, 7) is 1.24. The lowest BCUT2D eigenvalue weighted by Gasteiger charge is -2.09. The van der Waals surface area contributed by atoms with Crippen LogP contribution in [0, 0.1) is 0 Å². The van der Waals surface area contributed by atoms with Crippen LogP contribution < -0.4 is 14.8 Å². The van der Waals surface area contributed by atoms with Crippen LogP contribution in [0.2, 0.25) is 0 Å². The monoisotopic (exact) mass is 421 g/mol. The Morgan fingerprint density at radius 1 is 0.933 bits per heavy atom. The van der Waals surface area contributed by atoms with E-state index in [4.69, 9.17) is 9.47 Å². The quantitative estimate of drug-likeness (QED) is 0.340. The third kappa shape index (κ3) is 6.85. The van der Waals surface area contributed by atoms with Crippen LogP contribution in [-0.4, -0.2) is 31.9 Å². The normalized spacial score (nSPS) is 10.4. The van der Waals surface area contributed by atoms with Crippen molar-refractivity contribution < 1.29 is 14.3 Å². The lowest BCUT2D eigenvalue weighted by atomic mass is 10.1. The number of methoxy groups -OCH3 is 1. The Labute approximate surface area is 182 Å². The van der Waals surface area contributed by atoms with Crippen LogP contribution in [0.4, 0.5) is 0 Å². The molecular weight excluding hydrogens is 394 g/mol. The van der Waals surface area contributed by atoms with Crippen molar-refractivity contribution in [1.29, 1.82) is 0 Å². The number of ether oxygens (including phenoxy) is 2. The van der Waals surface area contributed by atoms with Crippen molar-refractivity contribution in [1.82, 2.24) is 5.32 Å². The molecule has 0 aliphatic carbocycles. The maximum atomic E-state index is 12.3. The fourth-order valence-corrected chi connectivity index (χ4v) is 3.78. The zero-order valence-electron chi connectivity index (χ0n) is 17.2. The highest BCUT2D eigenvalue weighted by Crippen LogP contribution is 2.19. The molecule has 3 rings (SSSR count). The predicted octanol–water partition coefficient (Wildman–Crippen LogP) is 5.23. The third-order valence-electron chi connectivity index (χ3n) is 4.58. The standard InChI is InChI=1S/C25H27NO3S/c1-28-24-12-6-5-8-20(24)9-7-17-26-25(27)21-13-15-22(16-14-21)29-18-19-30-23-10-3-2-4-11-23/h2-6,8,10-16H,7,9,17-19H2,1H3,(H,26,27). The van der Waals surface area contributed by atoms with E-state index in [1.807, 2.05) is 48.5 Å². The number of aryl methyl sites for hydroxylation is 1. The van der Waals surface area contributed by atoms with Gasteiger partial charge in [-0.1, -0.05) is 36.4 Å². The summed E-state index contributed by atoms with van der Waals surface area (Å²) in [5.41, 5.74) is 1.79. The Balaban J connectivity index is 1.36. The molecule has 3 aromatic rings. The highest BCUT2D eigenvalue weighted by Gasteiger charge is 2.06. The van der Waals surface area contributed by atoms with Crippen LogP contribution in [0.15, 0.2) is 83.8 Å². The topological polar surface area (TPSA) is 47.6 Å². The predicted molar refractivity (Wildman–Crippen MR) is 123 cm³/mol. The zero-order valence-corrected chi connectivity index (χ0v) is 18.0. The van der Waals surface area contributed by atoms with Gasteiger partial charge in [0, 0.05) is 22.8 Å². The summed E-state index contributed by atoms with van der Waals surface area (Å²) in [4.78, 5) is 13.6. The first kappa shape index (κ1) is 21.8. The van der Waals surface area contributed by atoms with Crippen LogP contribution >= 0.6 is 11.8 Å². The minimum Gasteiger partial charge on any atom is -0.496 e. The summed E-state index contributed by atoms with van der Waals surface area (Å²) in [5, 5.41) is 2.97. The van der Waals surface area contributed by atoms with Crippen LogP contribution in [0.1, 0.15) is 22.3 Å². The van der Waals surface area contributed by atoms with Gasteiger partial charge in [-0.15, -0.1) is 11.8 Å². The van der Waals surface area contributed by atoms with Gasteiger partial charge < -0.3 is 14.8 Å². The van der Waals surface area contributed by atoms with Crippen LogP contribution in [0.3, 0.4) is 0 Å². The van der Waals surface area contributed by atoms with Gasteiger partial charge in [0.05, 0.1) is 13.7 Å². The molecule has 3 aromatic carbocycles. The van der Waals surface area contributed by atoms with Crippen LogP contribution in [0.25, 0.3) is 0 Å². The highest BCUT2D eigenvalue weighted by atomic mass is 32.2. The molecular formula is C25H27NO3S. The number of benzene rings is 3. The Hall–Kier alpha value is -2.92. The van der Waals surface area contributed by atoms with Gasteiger partial charge in [-0.25, -0.2) is 0 Å². The molecule has 0 saturated heterocycles. The van der Waals surface area contributed by atoms with E-state index >= 15 is 0 Å². The molecule has 0 heterocycles. The third-order valence-corrected chi connectivity index (χ3v) is 5.56. The second-order valence-electron chi connectivity index (χ2n) is 6.71. The smallest absolute Gasteiger partial charge is 0.251 e. The number of nitrogens with one attached hydrogen (secondary N) is 1. The Kier molecular flexibility index (Phi) is 8.66. The lowest BCUT2D eigenvalue weighted by molar-refractivity contribution is 0.0953. The molecule has 0 fully saturated rings. The van der Waals surface area contributed by atoms with Crippen molar-refractivity contribution in [2.45, 2.75) is 17.7 Å².